The fourth-order valence-electron chi connectivity index (χ4n) is 3.25. The Hall–Kier alpha value is -3.20. The Balaban J connectivity index is 1.64. The van der Waals surface area contributed by atoms with Crippen LogP contribution in [0.25, 0.3) is 0 Å². The Morgan fingerprint density at radius 2 is 2.03 bits per heavy atom. The summed E-state index contributed by atoms with van der Waals surface area (Å²) in [5.41, 5.74) is 1.86. The van der Waals surface area contributed by atoms with Crippen molar-refractivity contribution in [3.63, 3.8) is 0 Å². The average molecular weight is 401 g/mol. The number of carbonyl (C=O) groups excluding carboxylic acids is 1. The van der Waals surface area contributed by atoms with Crippen LogP contribution in [0.5, 0.6) is 0 Å². The maximum Gasteiger partial charge on any atom is 0.407 e. The number of carbonyl (C=O) groups is 2. The molecule has 2 heterocycles. The monoisotopic (exact) mass is 401 g/mol. The maximum absolute atomic E-state index is 14.9. The Kier molecular flexibility index (Phi) is 6.28. The zero-order valence-electron chi connectivity index (χ0n) is 16.4. The summed E-state index contributed by atoms with van der Waals surface area (Å²) in [5.74, 6) is -0.502. The van der Waals surface area contributed by atoms with Crippen molar-refractivity contribution in [2.75, 3.05) is 30.3 Å². The minimum Gasteiger partial charge on any atom is -0.465 e. The predicted molar refractivity (Wildman–Crippen MR) is 107 cm³/mol. The van der Waals surface area contributed by atoms with E-state index >= 15 is 0 Å². The number of pyridine rings is 1. The lowest BCUT2D eigenvalue weighted by Crippen LogP contribution is -2.52. The number of rotatable bonds is 4. The zero-order valence-corrected chi connectivity index (χ0v) is 16.4. The molecule has 0 radical (unpaired) electrons. The Morgan fingerprint density at radius 3 is 2.69 bits per heavy atom. The lowest BCUT2D eigenvalue weighted by molar-refractivity contribution is 0.0706. The van der Waals surface area contributed by atoms with Crippen LogP contribution in [0.3, 0.4) is 0 Å². The molecular formula is C20H24FN5O3. The van der Waals surface area contributed by atoms with E-state index in [1.54, 1.807) is 24.3 Å². The molecule has 29 heavy (non-hydrogen) atoms. The van der Waals surface area contributed by atoms with Crippen molar-refractivity contribution in [2.45, 2.75) is 26.4 Å². The predicted octanol–water partition coefficient (Wildman–Crippen LogP) is 3.36. The van der Waals surface area contributed by atoms with Gasteiger partial charge in [-0.2, -0.15) is 0 Å². The zero-order chi connectivity index (χ0) is 21.0. The van der Waals surface area contributed by atoms with Gasteiger partial charge in [0.05, 0.1) is 17.6 Å². The van der Waals surface area contributed by atoms with Crippen LogP contribution in [0.2, 0.25) is 0 Å². The molecule has 1 aromatic heterocycles. The number of aryl methyl sites for hydroxylation is 1. The van der Waals surface area contributed by atoms with Gasteiger partial charge in [0.2, 0.25) is 0 Å². The Bertz CT molecular complexity index is 890. The number of benzene rings is 1. The van der Waals surface area contributed by atoms with Gasteiger partial charge >= 0.3 is 12.1 Å². The van der Waals surface area contributed by atoms with Crippen LogP contribution in [0.4, 0.5) is 25.4 Å². The lowest BCUT2D eigenvalue weighted by Gasteiger charge is -2.38. The topological polar surface area (TPSA) is 97.8 Å². The van der Waals surface area contributed by atoms with E-state index in [2.05, 4.69) is 15.6 Å². The molecule has 3 amide bonds. The van der Waals surface area contributed by atoms with E-state index < -0.39 is 17.9 Å². The molecule has 1 fully saturated rings. The van der Waals surface area contributed by atoms with Crippen LogP contribution in [0.15, 0.2) is 36.5 Å². The number of nitrogens with one attached hydrogen (secondary N) is 2. The summed E-state index contributed by atoms with van der Waals surface area (Å²) in [5, 5.41) is 14.3. The van der Waals surface area contributed by atoms with Crippen LogP contribution in [-0.4, -0.2) is 57.7 Å². The molecule has 8 nitrogen and oxygen atoms in total. The van der Waals surface area contributed by atoms with Crippen molar-refractivity contribution in [3.05, 3.63) is 53.6 Å². The summed E-state index contributed by atoms with van der Waals surface area (Å²) < 4.78 is 14.9. The summed E-state index contributed by atoms with van der Waals surface area (Å²) in [7, 11) is 0. The third-order valence-corrected chi connectivity index (χ3v) is 4.91. The number of hydrogen-bond acceptors (Lipinski definition) is 4. The van der Waals surface area contributed by atoms with Gasteiger partial charge in [-0.05, 0) is 32.0 Å². The van der Waals surface area contributed by atoms with Gasteiger partial charge in [-0.1, -0.05) is 12.1 Å². The summed E-state index contributed by atoms with van der Waals surface area (Å²) in [6.07, 6.45) is 0.587. The van der Waals surface area contributed by atoms with Gasteiger partial charge in [-0.25, -0.2) is 14.0 Å². The Labute approximate surface area is 168 Å². The number of urea groups is 1. The molecule has 1 unspecified atom stereocenters. The number of anilines is 2. The summed E-state index contributed by atoms with van der Waals surface area (Å²) in [6, 6.07) is 7.73. The van der Waals surface area contributed by atoms with E-state index in [1.807, 2.05) is 18.7 Å². The lowest BCUT2D eigenvalue weighted by atomic mass is 10.1. The molecule has 1 aromatic carbocycles. The highest BCUT2D eigenvalue weighted by Crippen LogP contribution is 2.22. The minimum atomic E-state index is -0.941. The first-order chi connectivity index (χ1) is 13.8. The number of halogens is 1. The molecule has 3 rings (SSSR count). The number of amides is 3. The van der Waals surface area contributed by atoms with Crippen molar-refractivity contribution in [1.82, 2.24) is 14.8 Å². The number of hydrogen-bond donors (Lipinski definition) is 3. The second-order valence-electron chi connectivity index (χ2n) is 7.09. The molecule has 0 saturated carbocycles. The minimum absolute atomic E-state index is 0.0341. The van der Waals surface area contributed by atoms with Crippen LogP contribution >= 0.6 is 0 Å². The van der Waals surface area contributed by atoms with Gasteiger partial charge < -0.3 is 20.6 Å². The van der Waals surface area contributed by atoms with Crippen LogP contribution in [0, 0.1) is 12.7 Å². The normalized spacial score (nSPS) is 17.1. The molecule has 1 atom stereocenters. The van der Waals surface area contributed by atoms with E-state index in [4.69, 9.17) is 5.11 Å². The van der Waals surface area contributed by atoms with Crippen molar-refractivity contribution < 1.29 is 19.1 Å². The van der Waals surface area contributed by atoms with E-state index in [1.165, 1.54) is 17.2 Å². The molecule has 0 spiro atoms. The molecule has 0 aliphatic carbocycles. The quantitative estimate of drug-likeness (QED) is 0.730. The van der Waals surface area contributed by atoms with Gasteiger partial charge in [-0.3, -0.25) is 9.88 Å². The van der Waals surface area contributed by atoms with Crippen LogP contribution in [0.1, 0.15) is 18.2 Å². The molecule has 2 aromatic rings. The second-order valence-corrected chi connectivity index (χ2v) is 7.09. The van der Waals surface area contributed by atoms with Crippen LogP contribution < -0.4 is 10.6 Å². The average Bonchev–Trinajstić information content (AvgIpc) is 2.68. The standard InChI is InChI=1S/C20H24FN5O3/c1-13-6-7-16(10-22-13)23-19(27)24-17-5-3-4-15(18(17)21)12-25-8-9-26(20(28)29)11-14(25)2/h3-7,10,14H,8-9,11-12H2,1-2H3,(H,28,29)(H2,23,24,27). The molecule has 0 bridgehead atoms. The van der Waals surface area contributed by atoms with E-state index in [-0.39, 0.29) is 11.7 Å². The van der Waals surface area contributed by atoms with Gasteiger partial charge in [0.15, 0.2) is 5.82 Å². The second kappa shape index (κ2) is 8.87. The molecule has 1 aliphatic heterocycles. The number of piperazine rings is 1. The Morgan fingerprint density at radius 1 is 1.24 bits per heavy atom. The fourth-order valence-corrected chi connectivity index (χ4v) is 3.25. The van der Waals surface area contributed by atoms with Crippen molar-refractivity contribution in [2.24, 2.45) is 0 Å². The first kappa shape index (κ1) is 20.5. The number of nitrogens with zero attached hydrogens (tertiary/aromatic N) is 3. The van der Waals surface area contributed by atoms with Crippen molar-refractivity contribution in [3.8, 4) is 0 Å². The fraction of sp³-hybridized carbons (Fsp3) is 0.350. The number of carboxylic acid groups (broad SMARTS) is 1. The first-order valence-corrected chi connectivity index (χ1v) is 9.33. The van der Waals surface area contributed by atoms with Crippen molar-refractivity contribution in [1.29, 1.82) is 0 Å². The van der Waals surface area contributed by atoms with E-state index in [9.17, 15) is 14.0 Å². The summed E-state index contributed by atoms with van der Waals surface area (Å²) in [6.45, 7) is 5.37. The van der Waals surface area contributed by atoms with Gasteiger partial charge in [0, 0.05) is 43.5 Å². The molecule has 154 valence electrons. The van der Waals surface area contributed by atoms with Gasteiger partial charge in [0.25, 0.3) is 0 Å². The van der Waals surface area contributed by atoms with E-state index in [0.717, 1.165) is 5.69 Å². The SMILES string of the molecule is Cc1ccc(NC(=O)Nc2cccc(CN3CCN(C(=O)O)CC3C)c2F)cn1. The largest absolute Gasteiger partial charge is 0.465 e. The first-order valence-electron chi connectivity index (χ1n) is 9.33. The van der Waals surface area contributed by atoms with Crippen molar-refractivity contribution >= 4 is 23.5 Å². The highest BCUT2D eigenvalue weighted by Gasteiger charge is 2.27. The molecular weight excluding hydrogens is 377 g/mol. The van der Waals surface area contributed by atoms with Gasteiger partial charge in [-0.15, -0.1) is 0 Å². The molecule has 3 N–H and O–H groups in total. The summed E-state index contributed by atoms with van der Waals surface area (Å²) >= 11 is 0. The molecule has 9 heteroatoms. The van der Waals surface area contributed by atoms with E-state index in [0.29, 0.717) is 37.4 Å². The molecule has 1 saturated heterocycles. The maximum atomic E-state index is 14.9. The van der Waals surface area contributed by atoms with Gasteiger partial charge in [0.1, 0.15) is 0 Å². The smallest absolute Gasteiger partial charge is 0.407 e. The molecule has 1 aliphatic rings. The highest BCUT2D eigenvalue weighted by atomic mass is 19.1. The third-order valence-electron chi connectivity index (χ3n) is 4.91. The summed E-state index contributed by atoms with van der Waals surface area (Å²) in [4.78, 5) is 30.8. The third kappa shape index (κ3) is 5.20. The number of aromatic nitrogens is 1. The highest BCUT2D eigenvalue weighted by molar-refractivity contribution is 5.99. The van der Waals surface area contributed by atoms with Crippen LogP contribution in [-0.2, 0) is 6.54 Å².